The first-order valence-electron chi connectivity index (χ1n) is 32.5. The molecule has 2 saturated heterocycles. The van der Waals surface area contributed by atoms with Crippen LogP contribution in [0.25, 0.3) is 44.8 Å². The van der Waals surface area contributed by atoms with Gasteiger partial charge in [0.1, 0.15) is 34.2 Å². The number of aliphatic carboxylic acids is 6. The maximum atomic E-state index is 13.5. The molecule has 4 aromatic heterocycles. The Kier molecular flexibility index (Phi) is 30.4. The summed E-state index contributed by atoms with van der Waals surface area (Å²) >= 11 is 0. The summed E-state index contributed by atoms with van der Waals surface area (Å²) in [6.45, 7) is 19.1. The van der Waals surface area contributed by atoms with E-state index in [1.54, 1.807) is 36.4 Å². The van der Waals surface area contributed by atoms with Crippen LogP contribution in [0.1, 0.15) is 104 Å². The molecule has 0 amide bonds. The number of carbonyl (C=O) groups is 6. The number of sulfonamides is 2. The van der Waals surface area contributed by atoms with Crippen LogP contribution < -0.4 is 20.6 Å². The predicted octanol–water partition coefficient (Wildman–Crippen LogP) is 2.41. The zero-order valence-electron chi connectivity index (χ0n) is 56.6. The number of fused-ring (bicyclic) bond motifs is 2. The SMILES string of the molecule is CCCOc1ccc(S(=O)(=O)N2CCN(CCO)CC2)cc1-c1nc2c(CCC)cn(CC)c2c(=O)[nH]1.CCCOc1ccc(S(=O)(=O)N2CCN(CCO)CC2)cc1-c1nc2c(CCC)cn(CC)c2c(=O)[nH]1.O=C(O)CC(O)(CC(=O)O)C(=O)O.O=C(O)CC(O)(CC(=O)O)C(=O)O. The second-order valence-corrected chi connectivity index (χ2v) is 27.4. The van der Waals surface area contributed by atoms with E-state index in [1.807, 2.05) is 59.0 Å². The number of nitrogens with zero attached hydrogens (tertiary/aromatic N) is 8. The third-order valence-corrected chi connectivity index (χ3v) is 19.8. The number of aromatic amines is 2. The topological polar surface area (TPSA) is 506 Å². The highest BCUT2D eigenvalue weighted by atomic mass is 32.2. The van der Waals surface area contributed by atoms with Crippen molar-refractivity contribution in [3.05, 3.63) is 80.6 Å². The van der Waals surface area contributed by atoms with Gasteiger partial charge in [0.15, 0.2) is 11.2 Å². The number of carboxylic acid groups (broad SMARTS) is 6. The summed E-state index contributed by atoms with van der Waals surface area (Å²) in [7, 11) is -7.55. The van der Waals surface area contributed by atoms with Crippen LogP contribution in [-0.4, -0.2) is 254 Å². The number of ether oxygens (including phenoxy) is 2. The van der Waals surface area contributed by atoms with Crippen LogP contribution in [0.4, 0.5) is 0 Å². The smallest absolute Gasteiger partial charge is 0.336 e. The van der Waals surface area contributed by atoms with Crippen LogP contribution in [0, 0.1) is 0 Å². The molecule has 0 aliphatic carbocycles. The molecule has 2 fully saturated rings. The predicted molar refractivity (Wildman–Crippen MR) is 361 cm³/mol. The molecular weight excluding hydrogens is 1360 g/mol. The van der Waals surface area contributed by atoms with Crippen LogP contribution in [0.2, 0.25) is 0 Å². The number of piperazine rings is 2. The van der Waals surface area contributed by atoms with Crippen molar-refractivity contribution in [2.45, 2.75) is 140 Å². The molecule has 6 aromatic rings. The molecule has 0 bridgehead atoms. The second-order valence-electron chi connectivity index (χ2n) is 23.5. The van der Waals surface area contributed by atoms with Crippen LogP contribution >= 0.6 is 0 Å². The fraction of sp³-hybridized carbons (Fsp3) is 0.531. The standard InChI is InChI=1S/2C26H37N5O5S.2C6H8O7/c2*1-4-7-19-18-30(6-3)24-23(19)27-25(28-26(24)33)21-17-20(8-9-22(21)36-16-5-2)37(34,35)31-12-10-29(11-13-31)14-15-32;2*7-3(8)1-6(13,5(11)12)2-4(9)10/h2*8-9,17-18,32H,4-7,10-16H2,1-3H3,(H,27,28,33);2*13H,1-2H2,(H,7,8)(H,9,10)(H,11,12). The lowest BCUT2D eigenvalue weighted by atomic mass is 9.96. The zero-order chi connectivity index (χ0) is 74.5. The number of hydrogen-bond donors (Lipinski definition) is 12. The van der Waals surface area contributed by atoms with E-state index in [-0.39, 0.29) is 34.1 Å². The van der Waals surface area contributed by atoms with Crippen molar-refractivity contribution >= 4 is 77.9 Å². The molecule has 100 heavy (non-hydrogen) atoms. The Hall–Kier alpha value is -8.72. The van der Waals surface area contributed by atoms with Gasteiger partial charge in [-0.2, -0.15) is 8.61 Å². The van der Waals surface area contributed by atoms with Gasteiger partial charge in [0.05, 0.1) is 84.1 Å². The van der Waals surface area contributed by atoms with Crippen molar-refractivity contribution in [1.82, 2.24) is 47.5 Å². The average molecular weight is 1450 g/mol. The molecule has 0 radical (unpaired) electrons. The molecule has 2 aliphatic heterocycles. The number of aryl methyl sites for hydroxylation is 4. The molecule has 0 saturated carbocycles. The summed E-state index contributed by atoms with van der Waals surface area (Å²) in [5, 5.41) is 86.0. The molecule has 8 rings (SSSR count). The lowest BCUT2D eigenvalue weighted by Crippen LogP contribution is -2.49. The van der Waals surface area contributed by atoms with Gasteiger partial charge in [-0.3, -0.25) is 38.6 Å². The van der Waals surface area contributed by atoms with Gasteiger partial charge in [0.2, 0.25) is 20.0 Å². The maximum absolute atomic E-state index is 13.5. The van der Waals surface area contributed by atoms with Gasteiger partial charge >= 0.3 is 35.8 Å². The normalized spacial score (nSPS) is 14.3. The highest BCUT2D eigenvalue weighted by Crippen LogP contribution is 2.35. The minimum atomic E-state index is -3.77. The van der Waals surface area contributed by atoms with E-state index in [9.17, 15) is 65.4 Å². The fourth-order valence-electron chi connectivity index (χ4n) is 11.0. The molecule has 2 aromatic carbocycles. The molecule has 12 N–H and O–H groups in total. The summed E-state index contributed by atoms with van der Waals surface area (Å²) < 4.78 is 72.8. The van der Waals surface area contributed by atoms with Crippen molar-refractivity contribution in [3.63, 3.8) is 0 Å². The van der Waals surface area contributed by atoms with Crippen LogP contribution in [-0.2, 0) is 74.7 Å². The van der Waals surface area contributed by atoms with Crippen molar-refractivity contribution in [2.75, 3.05) is 91.9 Å². The number of nitrogens with one attached hydrogen (secondary N) is 2. The highest BCUT2D eigenvalue weighted by molar-refractivity contribution is 7.89. The van der Waals surface area contributed by atoms with Gasteiger partial charge in [0.25, 0.3) is 11.1 Å². The van der Waals surface area contributed by atoms with E-state index in [0.29, 0.717) is 148 Å². The second kappa shape index (κ2) is 37.1. The Morgan fingerprint density at radius 1 is 0.500 bits per heavy atom. The summed E-state index contributed by atoms with van der Waals surface area (Å²) in [5.41, 5.74) is -0.814. The summed E-state index contributed by atoms with van der Waals surface area (Å²) in [5.74, 6) is -8.51. The van der Waals surface area contributed by atoms with Crippen molar-refractivity contribution < 1.29 is 106 Å². The van der Waals surface area contributed by atoms with Crippen LogP contribution in [0.15, 0.2) is 68.2 Å². The number of H-pyrrole nitrogens is 2. The Labute approximate surface area is 575 Å². The number of aliphatic hydroxyl groups excluding tert-OH is 2. The summed E-state index contributed by atoms with van der Waals surface area (Å²) in [6, 6.07) is 9.51. The number of β-amino-alcohol motifs (C(OH)–C–C–N with tert-alkyl or cyclic N) is 2. The highest BCUT2D eigenvalue weighted by Gasteiger charge is 2.42. The van der Waals surface area contributed by atoms with E-state index in [2.05, 4.69) is 23.8 Å². The van der Waals surface area contributed by atoms with Gasteiger partial charge in [-0.15, -0.1) is 0 Å². The van der Waals surface area contributed by atoms with Crippen molar-refractivity contribution in [3.8, 4) is 34.3 Å². The number of benzene rings is 2. The Bertz CT molecular complexity index is 3890. The summed E-state index contributed by atoms with van der Waals surface area (Å²) in [4.78, 5) is 107. The Morgan fingerprint density at radius 3 is 1.08 bits per heavy atom. The van der Waals surface area contributed by atoms with Crippen LogP contribution in [0.3, 0.4) is 0 Å². The van der Waals surface area contributed by atoms with E-state index in [0.717, 1.165) is 49.7 Å². The molecule has 36 heteroatoms. The van der Waals surface area contributed by atoms with Crippen molar-refractivity contribution in [1.29, 1.82) is 0 Å². The monoisotopic (exact) mass is 1450 g/mol. The maximum Gasteiger partial charge on any atom is 0.336 e. The van der Waals surface area contributed by atoms with E-state index < -0.39 is 92.7 Å². The lowest BCUT2D eigenvalue weighted by molar-refractivity contribution is -0.170. The largest absolute Gasteiger partial charge is 0.493 e. The minimum Gasteiger partial charge on any atom is -0.493 e. The third kappa shape index (κ3) is 21.2. The minimum absolute atomic E-state index is 0.0481. The first-order chi connectivity index (χ1) is 47.2. The molecule has 0 spiro atoms. The molecule has 2 aliphatic rings. The number of aromatic nitrogens is 6. The molecule has 552 valence electrons. The van der Waals surface area contributed by atoms with E-state index in [4.69, 9.17) is 60.3 Å². The van der Waals surface area contributed by atoms with Crippen molar-refractivity contribution in [2.24, 2.45) is 0 Å². The van der Waals surface area contributed by atoms with Crippen LogP contribution in [0.5, 0.6) is 11.5 Å². The molecule has 6 heterocycles. The van der Waals surface area contributed by atoms with Gasteiger partial charge in [-0.25, -0.2) is 36.4 Å². The Morgan fingerprint density at radius 2 is 0.820 bits per heavy atom. The quantitative estimate of drug-likeness (QED) is 0.0288. The van der Waals surface area contributed by atoms with Gasteiger partial charge in [-0.05, 0) is 87.1 Å². The first kappa shape index (κ1) is 82.0. The molecule has 0 unspecified atom stereocenters. The third-order valence-electron chi connectivity index (χ3n) is 16.0. The zero-order valence-corrected chi connectivity index (χ0v) is 58.2. The van der Waals surface area contributed by atoms with Gasteiger partial charge in [-0.1, -0.05) is 40.5 Å². The molecular formula is C64H90N10O24S2. The molecule has 34 nitrogen and oxygen atoms in total. The van der Waals surface area contributed by atoms with Gasteiger partial charge in [0, 0.05) is 90.9 Å². The first-order valence-corrected chi connectivity index (χ1v) is 35.3. The Balaban J connectivity index is 0.000000268. The number of aliphatic hydroxyl groups is 4. The molecule has 0 atom stereocenters. The number of hydrogen-bond acceptors (Lipinski definition) is 22. The average Bonchev–Trinajstić information content (AvgIpc) is 0.865. The summed E-state index contributed by atoms with van der Waals surface area (Å²) in [6.07, 6.45) is 4.34. The van der Waals surface area contributed by atoms with E-state index >= 15 is 0 Å². The van der Waals surface area contributed by atoms with E-state index in [1.165, 1.54) is 8.61 Å². The van der Waals surface area contributed by atoms with Gasteiger partial charge < -0.3 is 79.6 Å². The number of carboxylic acids is 6. The fourth-order valence-corrected chi connectivity index (χ4v) is 13.9. The lowest BCUT2D eigenvalue weighted by Gasteiger charge is -2.33. The number of rotatable bonds is 32.